The minimum absolute atomic E-state index is 0.138. The SMILES string of the molecule is N#Cc1ccc(CN2CCCN(C(=O)CCc3cccc(F)c3)CC2)cc1. The third kappa shape index (κ3) is 5.63. The van der Waals surface area contributed by atoms with E-state index in [4.69, 9.17) is 5.26 Å². The van der Waals surface area contributed by atoms with Crippen LogP contribution in [-0.2, 0) is 17.8 Å². The van der Waals surface area contributed by atoms with Gasteiger partial charge in [-0.1, -0.05) is 24.3 Å². The summed E-state index contributed by atoms with van der Waals surface area (Å²) in [5.74, 6) is -0.118. The highest BCUT2D eigenvalue weighted by Gasteiger charge is 2.19. The lowest BCUT2D eigenvalue weighted by atomic mass is 10.1. The summed E-state index contributed by atoms with van der Waals surface area (Å²) < 4.78 is 13.2. The Morgan fingerprint density at radius 3 is 2.59 bits per heavy atom. The molecule has 0 N–H and O–H groups in total. The fraction of sp³-hybridized carbons (Fsp3) is 0.364. The molecule has 0 aromatic heterocycles. The van der Waals surface area contributed by atoms with Gasteiger partial charge < -0.3 is 4.90 Å². The molecule has 1 aliphatic rings. The van der Waals surface area contributed by atoms with Crippen LogP contribution in [-0.4, -0.2) is 41.9 Å². The molecule has 1 heterocycles. The number of hydrogen-bond donors (Lipinski definition) is 0. The van der Waals surface area contributed by atoms with E-state index in [-0.39, 0.29) is 11.7 Å². The van der Waals surface area contributed by atoms with Crippen molar-refractivity contribution in [2.75, 3.05) is 26.2 Å². The molecule has 1 fully saturated rings. The van der Waals surface area contributed by atoms with Crippen LogP contribution in [0.4, 0.5) is 4.39 Å². The Kier molecular flexibility index (Phi) is 6.56. The second-order valence-corrected chi connectivity index (χ2v) is 6.95. The number of carbonyl (C=O) groups excluding carboxylic acids is 1. The number of aryl methyl sites for hydroxylation is 1. The predicted octanol–water partition coefficient (Wildman–Crippen LogP) is 3.36. The van der Waals surface area contributed by atoms with Crippen LogP contribution < -0.4 is 0 Å². The molecule has 2 aromatic carbocycles. The quantitative estimate of drug-likeness (QED) is 0.816. The summed E-state index contributed by atoms with van der Waals surface area (Å²) >= 11 is 0. The van der Waals surface area contributed by atoms with Crippen LogP contribution >= 0.6 is 0 Å². The van der Waals surface area contributed by atoms with Crippen LogP contribution in [0, 0.1) is 17.1 Å². The average Bonchev–Trinajstić information content (AvgIpc) is 2.92. The highest BCUT2D eigenvalue weighted by atomic mass is 19.1. The highest BCUT2D eigenvalue weighted by molar-refractivity contribution is 5.76. The van der Waals surface area contributed by atoms with E-state index in [0.29, 0.717) is 18.4 Å². The number of amides is 1. The first kappa shape index (κ1) is 19.1. The van der Waals surface area contributed by atoms with E-state index < -0.39 is 0 Å². The number of rotatable bonds is 5. The van der Waals surface area contributed by atoms with Crippen molar-refractivity contribution in [3.05, 3.63) is 71.0 Å². The van der Waals surface area contributed by atoms with E-state index in [1.807, 2.05) is 35.2 Å². The van der Waals surface area contributed by atoms with Gasteiger partial charge in [0.15, 0.2) is 0 Å². The molecule has 0 spiro atoms. The maximum Gasteiger partial charge on any atom is 0.222 e. The lowest BCUT2D eigenvalue weighted by molar-refractivity contribution is -0.131. The molecule has 2 aromatic rings. The summed E-state index contributed by atoms with van der Waals surface area (Å²) in [5.41, 5.74) is 2.71. The van der Waals surface area contributed by atoms with E-state index in [2.05, 4.69) is 11.0 Å². The van der Waals surface area contributed by atoms with E-state index in [9.17, 15) is 9.18 Å². The number of benzene rings is 2. The monoisotopic (exact) mass is 365 g/mol. The first-order valence-corrected chi connectivity index (χ1v) is 9.37. The standard InChI is InChI=1S/C22H24FN3O/c23-21-4-1-3-18(15-21)9-10-22(27)26-12-2-11-25(13-14-26)17-20-7-5-19(16-24)6-8-20/h1,3-8,15H,2,9-14,17H2. The van der Waals surface area contributed by atoms with Gasteiger partial charge >= 0.3 is 0 Å². The second-order valence-electron chi connectivity index (χ2n) is 6.95. The van der Waals surface area contributed by atoms with Crippen molar-refractivity contribution in [2.45, 2.75) is 25.8 Å². The molecule has 1 aliphatic heterocycles. The molecule has 0 unspecified atom stereocenters. The zero-order chi connectivity index (χ0) is 19.1. The molecular weight excluding hydrogens is 341 g/mol. The van der Waals surface area contributed by atoms with Crippen molar-refractivity contribution in [2.24, 2.45) is 0 Å². The number of halogens is 1. The summed E-state index contributed by atoms with van der Waals surface area (Å²) in [7, 11) is 0. The lowest BCUT2D eigenvalue weighted by Crippen LogP contribution is -2.35. The fourth-order valence-corrected chi connectivity index (χ4v) is 3.42. The average molecular weight is 365 g/mol. The topological polar surface area (TPSA) is 47.3 Å². The molecule has 1 amide bonds. The minimum atomic E-state index is -0.256. The van der Waals surface area contributed by atoms with Crippen LogP contribution in [0.15, 0.2) is 48.5 Å². The van der Waals surface area contributed by atoms with E-state index in [0.717, 1.165) is 44.7 Å². The van der Waals surface area contributed by atoms with Gasteiger partial charge in [-0.05, 0) is 48.2 Å². The predicted molar refractivity (Wildman–Crippen MR) is 102 cm³/mol. The van der Waals surface area contributed by atoms with Gasteiger partial charge in [0, 0.05) is 39.1 Å². The maximum absolute atomic E-state index is 13.2. The van der Waals surface area contributed by atoms with E-state index in [1.54, 1.807) is 6.07 Å². The molecule has 1 saturated heterocycles. The first-order chi connectivity index (χ1) is 13.1. The van der Waals surface area contributed by atoms with Crippen molar-refractivity contribution >= 4 is 5.91 Å². The van der Waals surface area contributed by atoms with Gasteiger partial charge in [-0.25, -0.2) is 4.39 Å². The normalized spacial score (nSPS) is 15.2. The molecule has 0 saturated carbocycles. The Morgan fingerprint density at radius 1 is 1.04 bits per heavy atom. The summed E-state index contributed by atoms with van der Waals surface area (Å²) in [6.45, 7) is 4.11. The van der Waals surface area contributed by atoms with Crippen LogP contribution in [0.1, 0.15) is 29.5 Å². The molecule has 0 bridgehead atoms. The summed E-state index contributed by atoms with van der Waals surface area (Å²) in [6, 6.07) is 16.3. The molecular formula is C22H24FN3O. The molecule has 140 valence electrons. The number of nitrogens with zero attached hydrogens (tertiary/aromatic N) is 3. The Morgan fingerprint density at radius 2 is 1.85 bits per heavy atom. The number of hydrogen-bond acceptors (Lipinski definition) is 3. The summed E-state index contributed by atoms with van der Waals surface area (Å²) in [5, 5.41) is 8.88. The van der Waals surface area contributed by atoms with Crippen LogP contribution in [0.2, 0.25) is 0 Å². The van der Waals surface area contributed by atoms with Gasteiger partial charge in [0.2, 0.25) is 5.91 Å². The smallest absolute Gasteiger partial charge is 0.222 e. The van der Waals surface area contributed by atoms with Crippen molar-refractivity contribution in [1.29, 1.82) is 5.26 Å². The summed E-state index contributed by atoms with van der Waals surface area (Å²) in [4.78, 5) is 16.8. The second kappa shape index (κ2) is 9.29. The fourth-order valence-electron chi connectivity index (χ4n) is 3.42. The van der Waals surface area contributed by atoms with Gasteiger partial charge in [-0.3, -0.25) is 9.69 Å². The molecule has 27 heavy (non-hydrogen) atoms. The third-order valence-electron chi connectivity index (χ3n) is 4.95. The Balaban J connectivity index is 1.48. The van der Waals surface area contributed by atoms with E-state index >= 15 is 0 Å². The van der Waals surface area contributed by atoms with Crippen molar-refractivity contribution in [1.82, 2.24) is 9.80 Å². The van der Waals surface area contributed by atoms with Gasteiger partial charge in [0.1, 0.15) is 5.82 Å². The maximum atomic E-state index is 13.2. The molecule has 4 nitrogen and oxygen atoms in total. The number of carbonyl (C=O) groups is 1. The zero-order valence-corrected chi connectivity index (χ0v) is 15.4. The van der Waals surface area contributed by atoms with E-state index in [1.165, 1.54) is 17.7 Å². The third-order valence-corrected chi connectivity index (χ3v) is 4.95. The van der Waals surface area contributed by atoms with Gasteiger partial charge in [-0.15, -0.1) is 0 Å². The van der Waals surface area contributed by atoms with Crippen LogP contribution in [0.3, 0.4) is 0 Å². The molecule has 0 radical (unpaired) electrons. The zero-order valence-electron chi connectivity index (χ0n) is 15.4. The Bertz CT molecular complexity index is 813. The van der Waals surface area contributed by atoms with Gasteiger partial charge in [0.05, 0.1) is 11.6 Å². The molecule has 5 heteroatoms. The Hall–Kier alpha value is -2.71. The molecule has 0 aliphatic carbocycles. The van der Waals surface area contributed by atoms with Crippen molar-refractivity contribution in [3.63, 3.8) is 0 Å². The highest BCUT2D eigenvalue weighted by Crippen LogP contribution is 2.12. The molecule has 3 rings (SSSR count). The van der Waals surface area contributed by atoms with Crippen LogP contribution in [0.25, 0.3) is 0 Å². The van der Waals surface area contributed by atoms with Gasteiger partial charge in [0.25, 0.3) is 0 Å². The first-order valence-electron chi connectivity index (χ1n) is 9.37. The largest absolute Gasteiger partial charge is 0.341 e. The van der Waals surface area contributed by atoms with Crippen LogP contribution in [0.5, 0.6) is 0 Å². The van der Waals surface area contributed by atoms with Crippen molar-refractivity contribution < 1.29 is 9.18 Å². The molecule has 0 atom stereocenters. The lowest BCUT2D eigenvalue weighted by Gasteiger charge is -2.22. The minimum Gasteiger partial charge on any atom is -0.341 e. The van der Waals surface area contributed by atoms with Crippen molar-refractivity contribution in [3.8, 4) is 6.07 Å². The van der Waals surface area contributed by atoms with Gasteiger partial charge in [-0.2, -0.15) is 5.26 Å². The Labute approximate surface area is 159 Å². The number of nitriles is 1. The summed E-state index contributed by atoms with van der Waals surface area (Å²) in [6.07, 6.45) is 1.93.